The highest BCUT2D eigenvalue weighted by Gasteiger charge is 2.10. The Hall–Kier alpha value is -1.49. The molecule has 4 nitrogen and oxygen atoms in total. The van der Waals surface area contributed by atoms with Gasteiger partial charge in [0.1, 0.15) is 5.82 Å². The summed E-state index contributed by atoms with van der Waals surface area (Å²) >= 11 is 3.48. The van der Waals surface area contributed by atoms with Crippen LogP contribution in [-0.2, 0) is 0 Å². The molecule has 0 aromatic carbocycles. The second-order valence-corrected chi connectivity index (χ2v) is 4.98. The van der Waals surface area contributed by atoms with Crippen molar-refractivity contribution in [3.05, 3.63) is 33.7 Å². The maximum atomic E-state index is 4.51. The third kappa shape index (κ3) is 2.51. The lowest BCUT2D eigenvalue weighted by Gasteiger charge is -2.09. The van der Waals surface area contributed by atoms with Gasteiger partial charge in [0.2, 0.25) is 0 Å². The molecule has 0 atom stereocenters. The zero-order valence-electron chi connectivity index (χ0n) is 10.9. The summed E-state index contributed by atoms with van der Waals surface area (Å²) in [5.74, 6) is 1.51. The number of nitrogens with zero attached hydrogens (tertiary/aromatic N) is 3. The summed E-state index contributed by atoms with van der Waals surface area (Å²) in [5.41, 5.74) is 3.85. The predicted octanol–water partition coefficient (Wildman–Crippen LogP) is 3.27. The molecule has 94 valence electrons. The molecule has 0 bridgehead atoms. The Balaban J connectivity index is 2.60. The first-order valence-corrected chi connectivity index (χ1v) is 6.48. The molecule has 2 aromatic rings. The average Bonchev–Trinajstić information content (AvgIpc) is 2.31. The summed E-state index contributed by atoms with van der Waals surface area (Å²) in [6.45, 7) is 5.90. The minimum absolute atomic E-state index is 0.716. The lowest BCUT2D eigenvalue weighted by Crippen LogP contribution is -2.01. The van der Waals surface area contributed by atoms with Gasteiger partial charge in [0, 0.05) is 24.0 Å². The molecule has 18 heavy (non-hydrogen) atoms. The van der Waals surface area contributed by atoms with E-state index in [0.29, 0.717) is 5.82 Å². The van der Waals surface area contributed by atoms with Crippen LogP contribution in [0.3, 0.4) is 0 Å². The Morgan fingerprint density at radius 2 is 1.61 bits per heavy atom. The first-order valence-electron chi connectivity index (χ1n) is 5.69. The Morgan fingerprint density at radius 1 is 1.00 bits per heavy atom. The highest BCUT2D eigenvalue weighted by molar-refractivity contribution is 9.10. The van der Waals surface area contributed by atoms with Crippen molar-refractivity contribution in [2.75, 3.05) is 12.4 Å². The second kappa shape index (κ2) is 5.02. The molecule has 2 rings (SSSR count). The lowest BCUT2D eigenvalue weighted by atomic mass is 10.2. The summed E-state index contributed by atoms with van der Waals surface area (Å²) in [4.78, 5) is 13.4. The Kier molecular flexibility index (Phi) is 3.61. The molecular formula is C13H15BrN4. The molecule has 0 radical (unpaired) electrons. The van der Waals surface area contributed by atoms with Crippen LogP contribution in [0.1, 0.15) is 17.1 Å². The zero-order chi connectivity index (χ0) is 13.3. The van der Waals surface area contributed by atoms with Gasteiger partial charge in [0.25, 0.3) is 0 Å². The average molecular weight is 307 g/mol. The molecule has 0 unspecified atom stereocenters. The molecule has 0 aliphatic heterocycles. The van der Waals surface area contributed by atoms with E-state index in [2.05, 4.69) is 36.2 Å². The van der Waals surface area contributed by atoms with Gasteiger partial charge in [0.15, 0.2) is 5.82 Å². The van der Waals surface area contributed by atoms with E-state index in [0.717, 1.165) is 32.9 Å². The van der Waals surface area contributed by atoms with Crippen LogP contribution in [0.25, 0.3) is 11.4 Å². The van der Waals surface area contributed by atoms with E-state index < -0.39 is 0 Å². The van der Waals surface area contributed by atoms with Crippen LogP contribution in [0, 0.1) is 20.8 Å². The van der Waals surface area contributed by atoms with E-state index >= 15 is 0 Å². The van der Waals surface area contributed by atoms with Gasteiger partial charge in [0.05, 0.1) is 10.2 Å². The van der Waals surface area contributed by atoms with E-state index in [1.54, 1.807) is 0 Å². The molecule has 2 heterocycles. The monoisotopic (exact) mass is 306 g/mol. The fourth-order valence-corrected chi connectivity index (χ4v) is 2.19. The number of aryl methyl sites for hydroxylation is 3. The van der Waals surface area contributed by atoms with Crippen molar-refractivity contribution in [2.45, 2.75) is 20.8 Å². The zero-order valence-corrected chi connectivity index (χ0v) is 12.5. The molecule has 0 aliphatic carbocycles. The summed E-state index contributed by atoms with van der Waals surface area (Å²) in [5, 5.41) is 3.06. The minimum Gasteiger partial charge on any atom is -0.372 e. The van der Waals surface area contributed by atoms with Crippen molar-refractivity contribution in [2.24, 2.45) is 0 Å². The summed E-state index contributed by atoms with van der Waals surface area (Å²) < 4.78 is 0.899. The van der Waals surface area contributed by atoms with Gasteiger partial charge >= 0.3 is 0 Å². The standard InChI is InChI=1S/C13H15BrN4/c1-7-5-10(6-8(2)16-7)12-17-9(3)11(14)13(15-4)18-12/h5-6H,1-4H3,(H,15,17,18). The lowest BCUT2D eigenvalue weighted by molar-refractivity contribution is 1.07. The number of halogens is 1. The van der Waals surface area contributed by atoms with Crippen molar-refractivity contribution >= 4 is 21.7 Å². The van der Waals surface area contributed by atoms with Crippen molar-refractivity contribution in [3.8, 4) is 11.4 Å². The molecule has 0 spiro atoms. The van der Waals surface area contributed by atoms with Gasteiger partial charge < -0.3 is 5.32 Å². The van der Waals surface area contributed by atoms with Crippen LogP contribution in [0.4, 0.5) is 5.82 Å². The molecule has 0 saturated carbocycles. The number of nitrogens with one attached hydrogen (secondary N) is 1. The number of pyridine rings is 1. The van der Waals surface area contributed by atoms with Crippen LogP contribution in [0.5, 0.6) is 0 Å². The first-order chi connectivity index (χ1) is 8.51. The molecule has 1 N–H and O–H groups in total. The van der Waals surface area contributed by atoms with E-state index in [1.165, 1.54) is 0 Å². The van der Waals surface area contributed by atoms with Crippen LogP contribution in [0.2, 0.25) is 0 Å². The number of hydrogen-bond donors (Lipinski definition) is 1. The van der Waals surface area contributed by atoms with E-state index in [1.807, 2.05) is 40.0 Å². The smallest absolute Gasteiger partial charge is 0.161 e. The van der Waals surface area contributed by atoms with Gasteiger partial charge in [-0.05, 0) is 48.8 Å². The SMILES string of the molecule is CNc1nc(-c2cc(C)nc(C)c2)nc(C)c1Br. The number of rotatable bonds is 2. The maximum absolute atomic E-state index is 4.51. The molecular weight excluding hydrogens is 292 g/mol. The van der Waals surface area contributed by atoms with E-state index in [-0.39, 0.29) is 0 Å². The highest BCUT2D eigenvalue weighted by atomic mass is 79.9. The van der Waals surface area contributed by atoms with Crippen LogP contribution in [0.15, 0.2) is 16.6 Å². The third-order valence-electron chi connectivity index (χ3n) is 2.59. The normalized spacial score (nSPS) is 10.5. The van der Waals surface area contributed by atoms with Crippen LogP contribution >= 0.6 is 15.9 Å². The topological polar surface area (TPSA) is 50.7 Å². The quantitative estimate of drug-likeness (QED) is 0.925. The summed E-state index contributed by atoms with van der Waals surface area (Å²) in [7, 11) is 1.85. The van der Waals surface area contributed by atoms with Crippen molar-refractivity contribution < 1.29 is 0 Å². The summed E-state index contributed by atoms with van der Waals surface area (Å²) in [6.07, 6.45) is 0. The fourth-order valence-electron chi connectivity index (χ4n) is 1.82. The van der Waals surface area contributed by atoms with Crippen molar-refractivity contribution in [1.82, 2.24) is 15.0 Å². The van der Waals surface area contributed by atoms with Crippen molar-refractivity contribution in [3.63, 3.8) is 0 Å². The van der Waals surface area contributed by atoms with E-state index in [9.17, 15) is 0 Å². The molecule has 0 saturated heterocycles. The van der Waals surface area contributed by atoms with Gasteiger partial charge in [-0.1, -0.05) is 0 Å². The molecule has 0 fully saturated rings. The Morgan fingerprint density at radius 3 is 2.17 bits per heavy atom. The molecule has 0 aliphatic rings. The second-order valence-electron chi connectivity index (χ2n) is 4.18. The van der Waals surface area contributed by atoms with Crippen LogP contribution in [-0.4, -0.2) is 22.0 Å². The number of hydrogen-bond acceptors (Lipinski definition) is 4. The van der Waals surface area contributed by atoms with Gasteiger partial charge in [-0.15, -0.1) is 0 Å². The molecule has 0 amide bonds. The number of anilines is 1. The minimum atomic E-state index is 0.716. The maximum Gasteiger partial charge on any atom is 0.161 e. The largest absolute Gasteiger partial charge is 0.372 e. The first kappa shape index (κ1) is 13.0. The van der Waals surface area contributed by atoms with Gasteiger partial charge in [-0.2, -0.15) is 0 Å². The highest BCUT2D eigenvalue weighted by Crippen LogP contribution is 2.26. The third-order valence-corrected chi connectivity index (χ3v) is 3.54. The van der Waals surface area contributed by atoms with Gasteiger partial charge in [-0.25, -0.2) is 9.97 Å². The number of aromatic nitrogens is 3. The predicted molar refractivity (Wildman–Crippen MR) is 76.7 cm³/mol. The fraction of sp³-hybridized carbons (Fsp3) is 0.308. The summed E-state index contributed by atoms with van der Waals surface area (Å²) in [6, 6.07) is 3.99. The Labute approximate surface area is 115 Å². The molecule has 5 heteroatoms. The van der Waals surface area contributed by atoms with Crippen molar-refractivity contribution in [1.29, 1.82) is 0 Å². The van der Waals surface area contributed by atoms with Crippen LogP contribution < -0.4 is 5.32 Å². The van der Waals surface area contributed by atoms with Gasteiger partial charge in [-0.3, -0.25) is 4.98 Å². The Bertz CT molecular complexity index is 576. The molecule has 2 aromatic heterocycles. The van der Waals surface area contributed by atoms with E-state index in [4.69, 9.17) is 0 Å².